The molecule has 21 heavy (non-hydrogen) atoms. The second kappa shape index (κ2) is 7.11. The highest BCUT2D eigenvalue weighted by Gasteiger charge is 2.09. The van der Waals surface area contributed by atoms with E-state index in [1.165, 1.54) is 0 Å². The third kappa shape index (κ3) is 3.97. The fourth-order valence-electron chi connectivity index (χ4n) is 1.91. The third-order valence-corrected chi connectivity index (χ3v) is 3.41. The van der Waals surface area contributed by atoms with Crippen LogP contribution in [0.5, 0.6) is 5.75 Å². The lowest BCUT2D eigenvalue weighted by atomic mass is 10.2. The largest absolute Gasteiger partial charge is 0.483 e. The van der Waals surface area contributed by atoms with Crippen LogP contribution in [0.15, 0.2) is 42.5 Å². The zero-order chi connectivity index (χ0) is 15.2. The van der Waals surface area contributed by atoms with Crippen molar-refractivity contribution in [3.05, 3.63) is 58.6 Å². The van der Waals surface area contributed by atoms with Crippen LogP contribution in [-0.2, 0) is 11.3 Å². The van der Waals surface area contributed by atoms with Gasteiger partial charge in [-0.1, -0.05) is 35.9 Å². The molecule has 0 aliphatic carbocycles. The van der Waals surface area contributed by atoms with Crippen molar-refractivity contribution in [1.82, 2.24) is 0 Å². The minimum Gasteiger partial charge on any atom is -0.483 e. The highest BCUT2D eigenvalue weighted by Crippen LogP contribution is 2.25. The summed E-state index contributed by atoms with van der Waals surface area (Å²) in [4.78, 5) is 11.9. The average molecular weight is 305 g/mol. The summed E-state index contributed by atoms with van der Waals surface area (Å²) in [6, 6.07) is 12.8. The molecule has 0 spiro atoms. The van der Waals surface area contributed by atoms with E-state index >= 15 is 0 Å². The molecule has 0 saturated carbocycles. The van der Waals surface area contributed by atoms with Crippen LogP contribution in [0.1, 0.15) is 11.1 Å². The monoisotopic (exact) mass is 304 g/mol. The first kappa shape index (κ1) is 15.4. The van der Waals surface area contributed by atoms with Gasteiger partial charge in [-0.05, 0) is 30.7 Å². The molecule has 5 heteroatoms. The summed E-state index contributed by atoms with van der Waals surface area (Å²) in [5.41, 5.74) is 8.10. The van der Waals surface area contributed by atoms with E-state index in [1.54, 1.807) is 18.2 Å². The summed E-state index contributed by atoms with van der Waals surface area (Å²) >= 11 is 6.03. The average Bonchev–Trinajstić information content (AvgIpc) is 2.47. The number of carbonyl (C=O) groups is 1. The van der Waals surface area contributed by atoms with Gasteiger partial charge < -0.3 is 15.8 Å². The normalized spacial score (nSPS) is 10.2. The topological polar surface area (TPSA) is 64.3 Å². The number of nitrogens with two attached hydrogens (primary N) is 1. The van der Waals surface area contributed by atoms with E-state index in [4.69, 9.17) is 22.1 Å². The first-order valence-electron chi connectivity index (χ1n) is 6.57. The van der Waals surface area contributed by atoms with Crippen molar-refractivity contribution in [2.75, 3.05) is 11.9 Å². The molecule has 1 amide bonds. The summed E-state index contributed by atoms with van der Waals surface area (Å²) < 4.78 is 5.51. The number of benzene rings is 2. The molecular weight excluding hydrogens is 288 g/mol. The Morgan fingerprint density at radius 2 is 2.00 bits per heavy atom. The Morgan fingerprint density at radius 1 is 1.24 bits per heavy atom. The van der Waals surface area contributed by atoms with E-state index in [0.717, 1.165) is 11.3 Å². The molecular formula is C16H17ClN2O2. The highest BCUT2D eigenvalue weighted by molar-refractivity contribution is 6.31. The second-order valence-electron chi connectivity index (χ2n) is 4.57. The van der Waals surface area contributed by atoms with Gasteiger partial charge in [0.1, 0.15) is 5.75 Å². The SMILES string of the molecule is Cc1ccccc1NC(=O)COc1cccc(Cl)c1CN. The Labute approximate surface area is 128 Å². The Kier molecular flexibility index (Phi) is 5.20. The van der Waals surface area contributed by atoms with Gasteiger partial charge in [0, 0.05) is 22.8 Å². The van der Waals surface area contributed by atoms with Crippen LogP contribution in [0, 0.1) is 6.92 Å². The quantitative estimate of drug-likeness (QED) is 0.892. The zero-order valence-corrected chi connectivity index (χ0v) is 12.5. The van der Waals surface area contributed by atoms with Crippen LogP contribution in [0.2, 0.25) is 5.02 Å². The van der Waals surface area contributed by atoms with Crippen molar-refractivity contribution in [3.8, 4) is 5.75 Å². The number of rotatable bonds is 5. The molecule has 0 aliphatic heterocycles. The van der Waals surface area contributed by atoms with E-state index in [9.17, 15) is 4.79 Å². The van der Waals surface area contributed by atoms with Crippen molar-refractivity contribution in [2.45, 2.75) is 13.5 Å². The van der Waals surface area contributed by atoms with Crippen molar-refractivity contribution in [2.24, 2.45) is 5.73 Å². The Hall–Kier alpha value is -2.04. The Balaban J connectivity index is 1.99. The van der Waals surface area contributed by atoms with E-state index in [1.807, 2.05) is 31.2 Å². The number of amides is 1. The lowest BCUT2D eigenvalue weighted by Gasteiger charge is -2.12. The van der Waals surface area contributed by atoms with Crippen LogP contribution in [0.4, 0.5) is 5.69 Å². The summed E-state index contributed by atoms with van der Waals surface area (Å²) in [6.07, 6.45) is 0. The van der Waals surface area contributed by atoms with Gasteiger partial charge in [-0.25, -0.2) is 0 Å². The van der Waals surface area contributed by atoms with Crippen LogP contribution < -0.4 is 15.8 Å². The van der Waals surface area contributed by atoms with Crippen LogP contribution in [0.25, 0.3) is 0 Å². The first-order valence-corrected chi connectivity index (χ1v) is 6.95. The van der Waals surface area contributed by atoms with Crippen molar-refractivity contribution in [1.29, 1.82) is 0 Å². The number of hydrogen-bond donors (Lipinski definition) is 2. The number of halogens is 1. The molecule has 0 fully saturated rings. The maximum absolute atomic E-state index is 11.9. The fourth-order valence-corrected chi connectivity index (χ4v) is 2.16. The molecule has 2 rings (SSSR count). The highest BCUT2D eigenvalue weighted by atomic mass is 35.5. The molecule has 110 valence electrons. The van der Waals surface area contributed by atoms with Gasteiger partial charge in [-0.3, -0.25) is 4.79 Å². The molecule has 0 saturated heterocycles. The summed E-state index contributed by atoms with van der Waals surface area (Å²) in [7, 11) is 0. The molecule has 0 bridgehead atoms. The van der Waals surface area contributed by atoms with Gasteiger partial charge in [0.05, 0.1) is 0 Å². The lowest BCUT2D eigenvalue weighted by Crippen LogP contribution is -2.21. The van der Waals surface area contributed by atoms with Gasteiger partial charge >= 0.3 is 0 Å². The predicted octanol–water partition coefficient (Wildman–Crippen LogP) is 3.12. The predicted molar refractivity (Wildman–Crippen MR) is 84.6 cm³/mol. The standard InChI is InChI=1S/C16H17ClN2O2/c1-11-5-2-3-7-14(11)19-16(20)10-21-15-8-4-6-13(17)12(15)9-18/h2-8H,9-10,18H2,1H3,(H,19,20). The van der Waals surface area contributed by atoms with E-state index in [-0.39, 0.29) is 19.1 Å². The van der Waals surface area contributed by atoms with Gasteiger partial charge in [-0.2, -0.15) is 0 Å². The molecule has 0 atom stereocenters. The van der Waals surface area contributed by atoms with Crippen LogP contribution in [-0.4, -0.2) is 12.5 Å². The first-order chi connectivity index (χ1) is 10.1. The second-order valence-corrected chi connectivity index (χ2v) is 4.98. The zero-order valence-electron chi connectivity index (χ0n) is 11.7. The van der Waals surface area contributed by atoms with Crippen LogP contribution in [0.3, 0.4) is 0 Å². The maximum atomic E-state index is 11.9. The van der Waals surface area contributed by atoms with Gasteiger partial charge in [0.25, 0.3) is 5.91 Å². The number of aryl methyl sites for hydroxylation is 1. The fraction of sp³-hybridized carbons (Fsp3) is 0.188. The minimum absolute atomic E-state index is 0.0956. The molecule has 0 unspecified atom stereocenters. The van der Waals surface area contributed by atoms with Crippen LogP contribution >= 0.6 is 11.6 Å². The van der Waals surface area contributed by atoms with E-state index in [0.29, 0.717) is 16.3 Å². The number of carbonyl (C=O) groups excluding carboxylic acids is 1. The Morgan fingerprint density at radius 3 is 2.71 bits per heavy atom. The lowest BCUT2D eigenvalue weighted by molar-refractivity contribution is -0.118. The molecule has 3 N–H and O–H groups in total. The number of nitrogens with one attached hydrogen (secondary N) is 1. The molecule has 0 aliphatic rings. The minimum atomic E-state index is -0.229. The number of anilines is 1. The molecule has 0 heterocycles. The molecule has 2 aromatic rings. The molecule has 2 aromatic carbocycles. The molecule has 0 aromatic heterocycles. The van der Waals surface area contributed by atoms with Gasteiger partial charge in [0.2, 0.25) is 0 Å². The Bertz CT molecular complexity index is 644. The molecule has 4 nitrogen and oxygen atoms in total. The van der Waals surface area contributed by atoms with Crippen molar-refractivity contribution in [3.63, 3.8) is 0 Å². The third-order valence-electron chi connectivity index (χ3n) is 3.06. The summed E-state index contributed by atoms with van der Waals surface area (Å²) in [6.45, 7) is 2.09. The summed E-state index contributed by atoms with van der Waals surface area (Å²) in [5.74, 6) is 0.303. The van der Waals surface area contributed by atoms with E-state index in [2.05, 4.69) is 5.32 Å². The van der Waals surface area contributed by atoms with Crippen molar-refractivity contribution >= 4 is 23.2 Å². The van der Waals surface area contributed by atoms with Gasteiger partial charge in [-0.15, -0.1) is 0 Å². The molecule has 0 radical (unpaired) electrons. The number of hydrogen-bond acceptors (Lipinski definition) is 3. The number of ether oxygens (including phenoxy) is 1. The maximum Gasteiger partial charge on any atom is 0.262 e. The smallest absolute Gasteiger partial charge is 0.262 e. The van der Waals surface area contributed by atoms with Crippen molar-refractivity contribution < 1.29 is 9.53 Å². The number of para-hydroxylation sites is 1. The van der Waals surface area contributed by atoms with E-state index < -0.39 is 0 Å². The van der Waals surface area contributed by atoms with Gasteiger partial charge in [0.15, 0.2) is 6.61 Å². The summed E-state index contributed by atoms with van der Waals surface area (Å²) in [5, 5.41) is 3.34.